The molecule has 0 bridgehead atoms. The lowest BCUT2D eigenvalue weighted by Gasteiger charge is -2.09. The number of H-pyrrole nitrogens is 1. The van der Waals surface area contributed by atoms with Crippen molar-refractivity contribution in [1.29, 1.82) is 0 Å². The second kappa shape index (κ2) is 7.63. The molecule has 0 aliphatic heterocycles. The second-order valence-electron chi connectivity index (χ2n) is 7.35. The minimum Gasteiger partial charge on any atom is -0.311 e. The molecule has 0 aliphatic rings. The van der Waals surface area contributed by atoms with Crippen LogP contribution in [0.3, 0.4) is 0 Å². The number of hydrogen-bond donors (Lipinski definition) is 1. The van der Waals surface area contributed by atoms with Crippen molar-refractivity contribution in [2.45, 2.75) is 6.54 Å². The molecule has 0 spiro atoms. The molecule has 3 heterocycles. The summed E-state index contributed by atoms with van der Waals surface area (Å²) in [4.78, 5) is 12.7. The van der Waals surface area contributed by atoms with Crippen LogP contribution in [0.2, 0.25) is 0 Å². The zero-order chi connectivity index (χ0) is 21.5. The third-order valence-corrected chi connectivity index (χ3v) is 5.71. The Bertz CT molecular complexity index is 1480. The largest absolute Gasteiger partial charge is 0.311 e. The summed E-state index contributed by atoms with van der Waals surface area (Å²) in [6.45, 7) is 0.163. The first-order chi connectivity index (χ1) is 15.0. The van der Waals surface area contributed by atoms with E-state index in [0.29, 0.717) is 5.56 Å². The average molecular weight is 478 g/mol. The first-order valence-corrected chi connectivity index (χ1v) is 10.4. The summed E-state index contributed by atoms with van der Waals surface area (Å²) in [5.74, 6) is -0.340. The number of fused-ring (bicyclic) bond motifs is 1. The molecule has 0 atom stereocenters. The number of aryl methyl sites for hydroxylation is 1. The molecular weight excluding hydrogens is 461 g/mol. The molecule has 1 N–H and O–H groups in total. The number of halogens is 2. The number of rotatable bonds is 4. The standard InChI is InChI=1S/C23H17BrFN5O/c1-29-12-17(11-26-29)23-19-9-14(2-5-21(19)27-28-23)15-6-7-30(22(31)10-15)13-16-8-18(24)3-4-20(16)25/h2-12H,13H2,1H3,(H,27,28). The summed E-state index contributed by atoms with van der Waals surface area (Å²) in [5, 5.41) is 12.6. The van der Waals surface area contributed by atoms with Gasteiger partial charge in [0.05, 0.1) is 18.3 Å². The number of nitrogens with one attached hydrogen (secondary N) is 1. The normalized spacial score (nSPS) is 11.3. The Morgan fingerprint density at radius 2 is 1.90 bits per heavy atom. The third kappa shape index (κ3) is 3.70. The fraction of sp³-hybridized carbons (Fsp3) is 0.0870. The van der Waals surface area contributed by atoms with Crippen molar-refractivity contribution in [3.8, 4) is 22.4 Å². The van der Waals surface area contributed by atoms with Crippen LogP contribution in [0.4, 0.5) is 4.39 Å². The van der Waals surface area contributed by atoms with E-state index in [1.54, 1.807) is 35.3 Å². The Morgan fingerprint density at radius 1 is 1.06 bits per heavy atom. The Hall–Kier alpha value is -3.52. The lowest BCUT2D eigenvalue weighted by atomic mass is 10.0. The summed E-state index contributed by atoms with van der Waals surface area (Å²) >= 11 is 3.34. The predicted octanol–water partition coefficient (Wildman–Crippen LogP) is 4.74. The molecule has 0 amide bonds. The van der Waals surface area contributed by atoms with Crippen molar-refractivity contribution in [2.75, 3.05) is 0 Å². The van der Waals surface area contributed by atoms with Crippen LogP contribution in [-0.2, 0) is 13.6 Å². The number of aromatic nitrogens is 5. The SMILES string of the molecule is Cn1cc(-c2n[nH]c3ccc(-c4ccn(Cc5cc(Br)ccc5F)c(=O)c4)cc23)cn1. The van der Waals surface area contributed by atoms with Gasteiger partial charge in [-0.25, -0.2) is 4.39 Å². The Kier molecular flexibility index (Phi) is 4.78. The first-order valence-electron chi connectivity index (χ1n) is 9.60. The fourth-order valence-corrected chi connectivity index (χ4v) is 4.03. The fourth-order valence-electron chi connectivity index (χ4n) is 3.62. The van der Waals surface area contributed by atoms with Crippen molar-refractivity contribution in [3.63, 3.8) is 0 Å². The van der Waals surface area contributed by atoms with Gasteiger partial charge < -0.3 is 4.57 Å². The molecule has 6 nitrogen and oxygen atoms in total. The molecule has 2 aromatic carbocycles. The highest BCUT2D eigenvalue weighted by atomic mass is 79.9. The summed E-state index contributed by atoms with van der Waals surface area (Å²) in [7, 11) is 1.86. The zero-order valence-corrected chi connectivity index (χ0v) is 18.1. The van der Waals surface area contributed by atoms with Crippen LogP contribution in [0.25, 0.3) is 33.3 Å². The van der Waals surface area contributed by atoms with Gasteiger partial charge in [-0.1, -0.05) is 22.0 Å². The van der Waals surface area contributed by atoms with E-state index >= 15 is 0 Å². The van der Waals surface area contributed by atoms with E-state index in [9.17, 15) is 9.18 Å². The maximum atomic E-state index is 14.1. The van der Waals surface area contributed by atoms with Crippen LogP contribution in [0, 0.1) is 5.82 Å². The van der Waals surface area contributed by atoms with Gasteiger partial charge in [0.2, 0.25) is 0 Å². The van der Waals surface area contributed by atoms with E-state index in [1.807, 2.05) is 37.5 Å². The van der Waals surface area contributed by atoms with Crippen LogP contribution in [-0.4, -0.2) is 24.5 Å². The molecule has 5 rings (SSSR count). The van der Waals surface area contributed by atoms with E-state index < -0.39 is 0 Å². The Morgan fingerprint density at radius 3 is 2.68 bits per heavy atom. The maximum Gasteiger partial charge on any atom is 0.251 e. The first kappa shape index (κ1) is 19.4. The average Bonchev–Trinajstić information content (AvgIpc) is 3.37. The van der Waals surface area contributed by atoms with Gasteiger partial charge in [-0.3, -0.25) is 14.6 Å². The summed E-state index contributed by atoms with van der Waals surface area (Å²) in [5.41, 5.74) is 4.57. The molecule has 0 radical (unpaired) electrons. The summed E-state index contributed by atoms with van der Waals surface area (Å²) < 4.78 is 18.1. The van der Waals surface area contributed by atoms with E-state index in [4.69, 9.17) is 0 Å². The number of pyridine rings is 1. The summed E-state index contributed by atoms with van der Waals surface area (Å²) in [6, 6.07) is 14.0. The van der Waals surface area contributed by atoms with Crippen LogP contribution in [0.5, 0.6) is 0 Å². The molecule has 0 fully saturated rings. The van der Waals surface area contributed by atoms with Gasteiger partial charge in [0.1, 0.15) is 11.5 Å². The molecule has 0 aliphatic carbocycles. The molecule has 3 aromatic heterocycles. The zero-order valence-electron chi connectivity index (χ0n) is 16.5. The monoisotopic (exact) mass is 477 g/mol. The molecule has 8 heteroatoms. The van der Waals surface area contributed by atoms with Gasteiger partial charge >= 0.3 is 0 Å². The topological polar surface area (TPSA) is 68.5 Å². The Balaban J connectivity index is 1.51. The van der Waals surface area contributed by atoms with Crippen molar-refractivity contribution in [3.05, 3.63) is 93.3 Å². The van der Waals surface area contributed by atoms with Gasteiger partial charge in [-0.2, -0.15) is 10.2 Å². The number of hydrogen-bond acceptors (Lipinski definition) is 3. The molecule has 5 aromatic rings. The minimum absolute atomic E-state index is 0.163. The number of benzene rings is 2. The minimum atomic E-state index is -0.340. The van der Waals surface area contributed by atoms with Gasteiger partial charge in [-0.15, -0.1) is 0 Å². The number of aromatic amines is 1. The van der Waals surface area contributed by atoms with E-state index in [1.165, 1.54) is 10.6 Å². The highest BCUT2D eigenvalue weighted by molar-refractivity contribution is 9.10. The van der Waals surface area contributed by atoms with Crippen LogP contribution in [0.1, 0.15) is 5.56 Å². The lowest BCUT2D eigenvalue weighted by Crippen LogP contribution is -2.19. The van der Waals surface area contributed by atoms with Crippen molar-refractivity contribution in [1.82, 2.24) is 24.5 Å². The van der Waals surface area contributed by atoms with Gasteiger partial charge in [-0.05, 0) is 47.5 Å². The summed E-state index contributed by atoms with van der Waals surface area (Å²) in [6.07, 6.45) is 5.37. The highest BCUT2D eigenvalue weighted by Gasteiger charge is 2.12. The van der Waals surface area contributed by atoms with Crippen molar-refractivity contribution in [2.24, 2.45) is 7.05 Å². The Labute approximate surface area is 185 Å². The molecule has 154 valence electrons. The van der Waals surface area contributed by atoms with Gasteiger partial charge in [0, 0.05) is 46.5 Å². The molecule has 31 heavy (non-hydrogen) atoms. The van der Waals surface area contributed by atoms with E-state index in [0.717, 1.165) is 37.8 Å². The number of nitrogens with zero attached hydrogens (tertiary/aromatic N) is 4. The second-order valence-corrected chi connectivity index (χ2v) is 8.27. The van der Waals surface area contributed by atoms with E-state index in [2.05, 4.69) is 31.2 Å². The quantitative estimate of drug-likeness (QED) is 0.406. The van der Waals surface area contributed by atoms with Crippen LogP contribution >= 0.6 is 15.9 Å². The maximum absolute atomic E-state index is 14.1. The lowest BCUT2D eigenvalue weighted by molar-refractivity contribution is 0.596. The van der Waals surface area contributed by atoms with Gasteiger partial charge in [0.25, 0.3) is 5.56 Å². The van der Waals surface area contributed by atoms with Crippen molar-refractivity contribution >= 4 is 26.8 Å². The third-order valence-electron chi connectivity index (χ3n) is 5.22. The van der Waals surface area contributed by atoms with E-state index in [-0.39, 0.29) is 17.9 Å². The molecular formula is C23H17BrFN5O. The molecule has 0 saturated heterocycles. The van der Waals surface area contributed by atoms with Crippen LogP contribution < -0.4 is 5.56 Å². The highest BCUT2D eigenvalue weighted by Crippen LogP contribution is 2.30. The predicted molar refractivity (Wildman–Crippen MR) is 121 cm³/mol. The smallest absolute Gasteiger partial charge is 0.251 e. The molecule has 0 unspecified atom stereocenters. The molecule has 0 saturated carbocycles. The van der Waals surface area contributed by atoms with Crippen molar-refractivity contribution < 1.29 is 4.39 Å². The van der Waals surface area contributed by atoms with Gasteiger partial charge in [0.15, 0.2) is 0 Å². The van der Waals surface area contributed by atoms with Crippen LogP contribution in [0.15, 0.2) is 76.4 Å².